The minimum atomic E-state index is -0.0225. The number of aliphatic hydroxyl groups excluding tert-OH is 1. The van der Waals surface area contributed by atoms with E-state index in [9.17, 15) is 14.7 Å². The van der Waals surface area contributed by atoms with Gasteiger partial charge in [-0.25, -0.2) is 0 Å². The third-order valence-electron chi connectivity index (χ3n) is 5.62. The molecule has 0 radical (unpaired) electrons. The Bertz CT molecular complexity index is 663. The molecule has 1 N–H and O–H groups in total. The number of ether oxygens (including phenoxy) is 1. The summed E-state index contributed by atoms with van der Waals surface area (Å²) in [6.45, 7) is 2.50. The first kappa shape index (κ1) is 18.7. The number of hydrogen-bond acceptors (Lipinski definition) is 4. The minimum Gasteiger partial charge on any atom is -0.497 e. The van der Waals surface area contributed by atoms with Crippen LogP contribution in [0.15, 0.2) is 24.3 Å². The summed E-state index contributed by atoms with van der Waals surface area (Å²) >= 11 is 0. The Morgan fingerprint density at radius 1 is 1.31 bits per heavy atom. The van der Waals surface area contributed by atoms with Gasteiger partial charge in [0.05, 0.1) is 20.1 Å². The molecule has 2 fully saturated rings. The predicted octanol–water partition coefficient (Wildman–Crippen LogP) is 1.46. The zero-order chi connectivity index (χ0) is 18.6. The second-order valence-corrected chi connectivity index (χ2v) is 7.49. The van der Waals surface area contributed by atoms with Crippen molar-refractivity contribution in [2.45, 2.75) is 32.1 Å². The number of rotatable bonds is 5. The maximum absolute atomic E-state index is 12.8. The van der Waals surface area contributed by atoms with Crippen LogP contribution in [0.4, 0.5) is 0 Å². The molecule has 6 nitrogen and oxygen atoms in total. The van der Waals surface area contributed by atoms with Crippen LogP contribution in [0.3, 0.4) is 0 Å². The average molecular weight is 360 g/mol. The van der Waals surface area contributed by atoms with Gasteiger partial charge in [-0.1, -0.05) is 12.1 Å². The lowest BCUT2D eigenvalue weighted by Crippen LogP contribution is -2.55. The maximum atomic E-state index is 12.8. The lowest BCUT2D eigenvalue weighted by atomic mass is 9.73. The van der Waals surface area contributed by atoms with E-state index < -0.39 is 0 Å². The third kappa shape index (κ3) is 4.18. The highest BCUT2D eigenvalue weighted by Gasteiger charge is 2.42. The van der Waals surface area contributed by atoms with Crippen LogP contribution in [-0.2, 0) is 16.0 Å². The smallest absolute Gasteiger partial charge is 0.227 e. The van der Waals surface area contributed by atoms with E-state index in [0.717, 1.165) is 37.1 Å². The number of piperidine rings is 2. The SMILES string of the molecule is COc1cccc(CC(=O)N2CCC[C@@]3(CCC(=O)N(CCO)C3)C2)c1. The van der Waals surface area contributed by atoms with E-state index in [4.69, 9.17) is 4.74 Å². The highest BCUT2D eigenvalue weighted by molar-refractivity contribution is 5.79. The van der Waals surface area contributed by atoms with Crippen LogP contribution in [0, 0.1) is 5.41 Å². The number of likely N-dealkylation sites (tertiary alicyclic amines) is 2. The van der Waals surface area contributed by atoms with Gasteiger partial charge in [-0.05, 0) is 37.0 Å². The van der Waals surface area contributed by atoms with Crippen LogP contribution in [0.25, 0.3) is 0 Å². The maximum Gasteiger partial charge on any atom is 0.227 e. The molecule has 1 aromatic carbocycles. The van der Waals surface area contributed by atoms with Crippen molar-refractivity contribution in [3.8, 4) is 5.75 Å². The number of nitrogens with zero attached hydrogens (tertiary/aromatic N) is 2. The molecule has 0 saturated carbocycles. The van der Waals surface area contributed by atoms with Crippen molar-refractivity contribution in [2.24, 2.45) is 5.41 Å². The van der Waals surface area contributed by atoms with Gasteiger partial charge in [-0.2, -0.15) is 0 Å². The molecule has 2 amide bonds. The standard InChI is InChI=1S/C20H28N2O4/c1-26-17-5-2-4-16(12-17)13-19(25)21-9-3-7-20(14-21)8-6-18(24)22(15-20)10-11-23/h2,4-5,12,23H,3,6-11,13-15H2,1H3/t20-/m1/s1. The molecule has 2 saturated heterocycles. The topological polar surface area (TPSA) is 70.1 Å². The van der Waals surface area contributed by atoms with Gasteiger partial charge in [-0.15, -0.1) is 0 Å². The zero-order valence-electron chi connectivity index (χ0n) is 15.4. The lowest BCUT2D eigenvalue weighted by molar-refractivity contribution is -0.143. The van der Waals surface area contributed by atoms with Crippen LogP contribution >= 0.6 is 0 Å². The van der Waals surface area contributed by atoms with Crippen LogP contribution in [0.2, 0.25) is 0 Å². The van der Waals surface area contributed by atoms with Crippen molar-refractivity contribution in [2.75, 3.05) is 39.9 Å². The molecule has 2 aliphatic rings. The molecule has 1 atom stereocenters. The summed E-state index contributed by atoms with van der Waals surface area (Å²) in [5.74, 6) is 1.00. The van der Waals surface area contributed by atoms with Crippen LogP contribution in [-0.4, -0.2) is 66.6 Å². The Kier molecular flexibility index (Phi) is 5.81. The predicted molar refractivity (Wildman–Crippen MR) is 97.8 cm³/mol. The number of carbonyl (C=O) groups excluding carboxylic acids is 2. The molecule has 26 heavy (non-hydrogen) atoms. The Labute approximate surface area is 154 Å². The Morgan fingerprint density at radius 3 is 2.92 bits per heavy atom. The molecule has 1 aromatic rings. The number of amides is 2. The van der Waals surface area contributed by atoms with Crippen molar-refractivity contribution in [1.29, 1.82) is 0 Å². The first-order valence-corrected chi connectivity index (χ1v) is 9.35. The molecule has 6 heteroatoms. The fraction of sp³-hybridized carbons (Fsp3) is 0.600. The molecule has 0 aliphatic carbocycles. The van der Waals surface area contributed by atoms with Gasteiger partial charge >= 0.3 is 0 Å². The van der Waals surface area contributed by atoms with Gasteiger partial charge in [0.15, 0.2) is 0 Å². The summed E-state index contributed by atoms with van der Waals surface area (Å²) in [6, 6.07) is 7.62. The summed E-state index contributed by atoms with van der Waals surface area (Å²) in [6.07, 6.45) is 3.71. The van der Waals surface area contributed by atoms with Crippen molar-refractivity contribution in [1.82, 2.24) is 9.80 Å². The molecule has 0 aromatic heterocycles. The molecule has 0 unspecified atom stereocenters. The van der Waals surface area contributed by atoms with E-state index in [2.05, 4.69) is 0 Å². The van der Waals surface area contributed by atoms with Gasteiger partial charge < -0.3 is 19.6 Å². The number of benzene rings is 1. The first-order valence-electron chi connectivity index (χ1n) is 9.35. The van der Waals surface area contributed by atoms with E-state index in [1.54, 1.807) is 12.0 Å². The van der Waals surface area contributed by atoms with Crippen LogP contribution in [0.1, 0.15) is 31.2 Å². The highest BCUT2D eigenvalue weighted by atomic mass is 16.5. The summed E-state index contributed by atoms with van der Waals surface area (Å²) < 4.78 is 5.23. The number of hydrogen-bond donors (Lipinski definition) is 1. The molecule has 0 bridgehead atoms. The van der Waals surface area contributed by atoms with Crippen molar-refractivity contribution < 1.29 is 19.4 Å². The second-order valence-electron chi connectivity index (χ2n) is 7.49. The normalized spacial score (nSPS) is 23.4. The van der Waals surface area contributed by atoms with Crippen molar-refractivity contribution in [3.05, 3.63) is 29.8 Å². The van der Waals surface area contributed by atoms with Crippen molar-refractivity contribution >= 4 is 11.8 Å². The van der Waals surface area contributed by atoms with Gasteiger partial charge in [0.1, 0.15) is 5.75 Å². The summed E-state index contributed by atoms with van der Waals surface area (Å²) in [5.41, 5.74) is 0.931. The molecule has 2 heterocycles. The minimum absolute atomic E-state index is 0.0136. The van der Waals surface area contributed by atoms with Crippen LogP contribution in [0.5, 0.6) is 5.75 Å². The number of methoxy groups -OCH3 is 1. The van der Waals surface area contributed by atoms with E-state index in [0.29, 0.717) is 32.5 Å². The Balaban J connectivity index is 1.65. The molecule has 1 spiro atoms. The van der Waals surface area contributed by atoms with E-state index in [1.807, 2.05) is 29.2 Å². The zero-order valence-corrected chi connectivity index (χ0v) is 15.4. The van der Waals surface area contributed by atoms with Crippen LogP contribution < -0.4 is 4.74 Å². The number of β-amino-alcohol motifs (C(OH)–C–C–N with tert-alkyl or cyclic N) is 1. The molecule has 2 aliphatic heterocycles. The van der Waals surface area contributed by atoms with Crippen molar-refractivity contribution in [3.63, 3.8) is 0 Å². The van der Waals surface area contributed by atoms with E-state index in [1.165, 1.54) is 0 Å². The monoisotopic (exact) mass is 360 g/mol. The summed E-state index contributed by atoms with van der Waals surface area (Å²) in [7, 11) is 1.62. The molecule has 142 valence electrons. The van der Waals surface area contributed by atoms with Gasteiger partial charge in [0, 0.05) is 38.0 Å². The molecule has 3 rings (SSSR count). The third-order valence-corrected chi connectivity index (χ3v) is 5.62. The molecular weight excluding hydrogens is 332 g/mol. The van der Waals surface area contributed by atoms with E-state index in [-0.39, 0.29) is 23.8 Å². The Morgan fingerprint density at radius 2 is 2.15 bits per heavy atom. The summed E-state index contributed by atoms with van der Waals surface area (Å²) in [4.78, 5) is 28.6. The highest BCUT2D eigenvalue weighted by Crippen LogP contribution is 2.39. The number of carbonyl (C=O) groups is 2. The van der Waals surface area contributed by atoms with Gasteiger partial charge in [-0.3, -0.25) is 9.59 Å². The second kappa shape index (κ2) is 8.08. The summed E-state index contributed by atoms with van der Waals surface area (Å²) in [5, 5.41) is 9.20. The fourth-order valence-corrected chi connectivity index (χ4v) is 4.25. The lowest BCUT2D eigenvalue weighted by Gasteiger charge is -2.48. The van der Waals surface area contributed by atoms with E-state index >= 15 is 0 Å². The quantitative estimate of drug-likeness (QED) is 0.863. The number of aliphatic hydroxyl groups is 1. The van der Waals surface area contributed by atoms with Gasteiger partial charge in [0.2, 0.25) is 11.8 Å². The Hall–Kier alpha value is -2.08. The van der Waals surface area contributed by atoms with Gasteiger partial charge in [0.25, 0.3) is 0 Å². The fourth-order valence-electron chi connectivity index (χ4n) is 4.25. The average Bonchev–Trinajstić information content (AvgIpc) is 2.65. The first-order chi connectivity index (χ1) is 12.5. The molecular formula is C20H28N2O4. The largest absolute Gasteiger partial charge is 0.497 e.